The number of benzene rings is 1. The number of carbonyl (C=O) groups is 4. The van der Waals surface area contributed by atoms with Gasteiger partial charge >= 0.3 is 5.97 Å². The van der Waals surface area contributed by atoms with Gasteiger partial charge in [0.05, 0.1) is 11.8 Å². The number of allylic oxidation sites excluding steroid dienone is 2. The van der Waals surface area contributed by atoms with Crippen molar-refractivity contribution in [2.75, 3.05) is 11.9 Å². The SMILES string of the molecule is Cc1ccccc1NC(=O)C(C)OC(=O)CN1C(=O)C2CC=CCC2C1=O. The predicted octanol–water partition coefficient (Wildman–Crippen LogP) is 1.82. The van der Waals surface area contributed by atoms with E-state index < -0.39 is 36.4 Å². The van der Waals surface area contributed by atoms with Crippen molar-refractivity contribution in [3.05, 3.63) is 42.0 Å². The number of hydrogen-bond donors (Lipinski definition) is 1. The van der Waals surface area contributed by atoms with Crippen LogP contribution in [0.25, 0.3) is 0 Å². The van der Waals surface area contributed by atoms with Crippen LogP contribution < -0.4 is 5.32 Å². The van der Waals surface area contributed by atoms with E-state index in [9.17, 15) is 19.2 Å². The summed E-state index contributed by atoms with van der Waals surface area (Å²) >= 11 is 0. The third kappa shape index (κ3) is 3.92. The van der Waals surface area contributed by atoms with Crippen LogP contribution in [0.4, 0.5) is 5.69 Å². The van der Waals surface area contributed by atoms with Gasteiger partial charge in [0, 0.05) is 5.69 Å². The molecule has 1 aromatic carbocycles. The Kier molecular flexibility index (Phi) is 5.39. The molecule has 0 radical (unpaired) electrons. The number of imide groups is 1. The highest BCUT2D eigenvalue weighted by molar-refractivity contribution is 6.07. The average Bonchev–Trinajstić information content (AvgIpc) is 2.89. The summed E-state index contributed by atoms with van der Waals surface area (Å²) in [5.74, 6) is -2.73. The second-order valence-corrected chi connectivity index (χ2v) is 6.85. The lowest BCUT2D eigenvalue weighted by atomic mass is 9.85. The van der Waals surface area contributed by atoms with Gasteiger partial charge in [0.15, 0.2) is 6.10 Å². The molecule has 1 aliphatic carbocycles. The summed E-state index contributed by atoms with van der Waals surface area (Å²) in [5, 5.41) is 2.70. The van der Waals surface area contributed by atoms with E-state index in [-0.39, 0.29) is 11.8 Å². The minimum Gasteiger partial charge on any atom is -0.451 e. The lowest BCUT2D eigenvalue weighted by molar-refractivity contribution is -0.158. The number of fused-ring (bicyclic) bond motifs is 1. The first kappa shape index (κ1) is 18.8. The minimum absolute atomic E-state index is 0.344. The molecule has 3 unspecified atom stereocenters. The molecule has 142 valence electrons. The van der Waals surface area contributed by atoms with Crippen molar-refractivity contribution in [2.24, 2.45) is 11.8 Å². The second kappa shape index (κ2) is 7.73. The van der Waals surface area contributed by atoms with Crippen LogP contribution in [0.2, 0.25) is 0 Å². The Labute approximate surface area is 157 Å². The van der Waals surface area contributed by atoms with Gasteiger partial charge in [-0.05, 0) is 38.3 Å². The van der Waals surface area contributed by atoms with Gasteiger partial charge in [-0.2, -0.15) is 0 Å². The molecule has 0 spiro atoms. The van der Waals surface area contributed by atoms with E-state index in [1.807, 2.05) is 31.2 Å². The number of nitrogens with zero attached hydrogens (tertiary/aromatic N) is 1. The van der Waals surface area contributed by atoms with Crippen LogP contribution in [0.5, 0.6) is 0 Å². The smallest absolute Gasteiger partial charge is 0.326 e. The van der Waals surface area contributed by atoms with Gasteiger partial charge in [0.25, 0.3) is 5.91 Å². The van der Waals surface area contributed by atoms with Gasteiger partial charge in [0.1, 0.15) is 6.54 Å². The fraction of sp³-hybridized carbons (Fsp3) is 0.400. The van der Waals surface area contributed by atoms with Crippen molar-refractivity contribution >= 4 is 29.4 Å². The van der Waals surface area contributed by atoms with E-state index in [2.05, 4.69) is 5.32 Å². The number of hydrogen-bond acceptors (Lipinski definition) is 5. The van der Waals surface area contributed by atoms with Crippen molar-refractivity contribution < 1.29 is 23.9 Å². The molecule has 7 nitrogen and oxygen atoms in total. The average molecular weight is 370 g/mol. The first-order valence-electron chi connectivity index (χ1n) is 8.94. The Bertz CT molecular complexity index is 790. The zero-order chi connectivity index (χ0) is 19.6. The first-order valence-corrected chi connectivity index (χ1v) is 8.94. The summed E-state index contributed by atoms with van der Waals surface area (Å²) < 4.78 is 5.12. The summed E-state index contributed by atoms with van der Waals surface area (Å²) in [6.45, 7) is 2.83. The van der Waals surface area contributed by atoms with Crippen molar-refractivity contribution in [3.8, 4) is 0 Å². The molecular formula is C20H22N2O5. The summed E-state index contributed by atoms with van der Waals surface area (Å²) in [4.78, 5) is 50.1. The maximum Gasteiger partial charge on any atom is 0.326 e. The molecule has 1 heterocycles. The normalized spacial score (nSPS) is 22.4. The Hall–Kier alpha value is -2.96. The Morgan fingerprint density at radius 1 is 1.15 bits per heavy atom. The van der Waals surface area contributed by atoms with Crippen LogP contribution in [-0.4, -0.2) is 41.2 Å². The molecule has 1 aromatic rings. The number of amides is 3. The molecule has 7 heteroatoms. The maximum atomic E-state index is 12.4. The van der Waals surface area contributed by atoms with E-state index in [1.54, 1.807) is 12.1 Å². The van der Waals surface area contributed by atoms with Crippen LogP contribution >= 0.6 is 0 Å². The molecule has 1 fully saturated rings. The number of nitrogens with one attached hydrogen (secondary N) is 1. The van der Waals surface area contributed by atoms with E-state index >= 15 is 0 Å². The van der Waals surface area contributed by atoms with Crippen LogP contribution in [0, 0.1) is 18.8 Å². The van der Waals surface area contributed by atoms with Gasteiger partial charge in [0.2, 0.25) is 11.8 Å². The van der Waals surface area contributed by atoms with Crippen LogP contribution in [-0.2, 0) is 23.9 Å². The molecule has 3 amide bonds. The lowest BCUT2D eigenvalue weighted by Gasteiger charge is -2.17. The molecule has 0 aromatic heterocycles. The predicted molar refractivity (Wildman–Crippen MR) is 97.4 cm³/mol. The first-order chi connectivity index (χ1) is 12.9. The largest absolute Gasteiger partial charge is 0.451 e. The van der Waals surface area contributed by atoms with Crippen LogP contribution in [0.15, 0.2) is 36.4 Å². The highest BCUT2D eigenvalue weighted by atomic mass is 16.5. The van der Waals surface area contributed by atoms with Gasteiger partial charge in [-0.1, -0.05) is 30.4 Å². The molecule has 1 N–H and O–H groups in total. The third-order valence-corrected chi connectivity index (χ3v) is 4.97. The molecule has 0 bridgehead atoms. The number of rotatable bonds is 5. The summed E-state index contributed by atoms with van der Waals surface area (Å²) in [6, 6.07) is 7.24. The van der Waals surface area contributed by atoms with Crippen LogP contribution in [0.3, 0.4) is 0 Å². The fourth-order valence-corrected chi connectivity index (χ4v) is 3.39. The van der Waals surface area contributed by atoms with Crippen molar-refractivity contribution in [1.82, 2.24) is 4.90 Å². The van der Waals surface area contributed by atoms with E-state index in [4.69, 9.17) is 4.74 Å². The van der Waals surface area contributed by atoms with Crippen molar-refractivity contribution in [1.29, 1.82) is 0 Å². The lowest BCUT2D eigenvalue weighted by Crippen LogP contribution is -2.39. The third-order valence-electron chi connectivity index (χ3n) is 4.97. The topological polar surface area (TPSA) is 92.8 Å². The van der Waals surface area contributed by atoms with Gasteiger partial charge in [-0.25, -0.2) is 0 Å². The number of carbonyl (C=O) groups excluding carboxylic acids is 4. The fourth-order valence-electron chi connectivity index (χ4n) is 3.39. The zero-order valence-corrected chi connectivity index (χ0v) is 15.3. The summed E-state index contributed by atoms with van der Waals surface area (Å²) in [5.41, 5.74) is 1.51. The quantitative estimate of drug-likeness (QED) is 0.485. The summed E-state index contributed by atoms with van der Waals surface area (Å²) in [6.07, 6.45) is 3.73. The molecule has 0 saturated carbocycles. The van der Waals surface area contributed by atoms with Gasteiger partial charge < -0.3 is 10.1 Å². The number of ether oxygens (including phenoxy) is 1. The van der Waals surface area contributed by atoms with Gasteiger partial charge in [-0.3, -0.25) is 24.1 Å². The number of aryl methyl sites for hydroxylation is 1. The van der Waals surface area contributed by atoms with Crippen LogP contribution in [0.1, 0.15) is 25.3 Å². The van der Waals surface area contributed by atoms with E-state index in [0.29, 0.717) is 18.5 Å². The van der Waals surface area contributed by atoms with E-state index in [1.165, 1.54) is 6.92 Å². The second-order valence-electron chi connectivity index (χ2n) is 6.85. The van der Waals surface area contributed by atoms with Crippen molar-refractivity contribution in [2.45, 2.75) is 32.8 Å². The molecule has 27 heavy (non-hydrogen) atoms. The number of para-hydroxylation sites is 1. The highest BCUT2D eigenvalue weighted by Crippen LogP contribution is 2.34. The van der Waals surface area contributed by atoms with Crippen molar-refractivity contribution in [3.63, 3.8) is 0 Å². The number of likely N-dealkylation sites (tertiary alicyclic amines) is 1. The Balaban J connectivity index is 1.56. The summed E-state index contributed by atoms with van der Waals surface area (Å²) in [7, 11) is 0. The molecule has 3 rings (SSSR count). The maximum absolute atomic E-state index is 12.4. The molecular weight excluding hydrogens is 348 g/mol. The van der Waals surface area contributed by atoms with E-state index in [0.717, 1.165) is 10.5 Å². The minimum atomic E-state index is -1.05. The monoisotopic (exact) mass is 370 g/mol. The molecule has 3 atom stereocenters. The Morgan fingerprint density at radius 3 is 2.33 bits per heavy atom. The molecule has 2 aliphatic rings. The zero-order valence-electron chi connectivity index (χ0n) is 15.3. The van der Waals surface area contributed by atoms with Gasteiger partial charge in [-0.15, -0.1) is 0 Å². The number of anilines is 1. The standard InChI is InChI=1S/C20H22N2O5/c1-12-7-3-6-10-16(12)21-18(24)13(2)27-17(23)11-22-19(25)14-8-4-5-9-15(14)20(22)26/h3-7,10,13-15H,8-9,11H2,1-2H3,(H,21,24). The molecule has 1 aliphatic heterocycles. The molecule has 1 saturated heterocycles. The highest BCUT2D eigenvalue weighted by Gasteiger charge is 2.47. The number of esters is 1. The Morgan fingerprint density at radius 2 is 1.74 bits per heavy atom.